The van der Waals surface area contributed by atoms with Gasteiger partial charge < -0.3 is 9.47 Å². The van der Waals surface area contributed by atoms with Crippen LogP contribution in [0.2, 0.25) is 0 Å². The Kier molecular flexibility index (Phi) is 6.49. The van der Waals surface area contributed by atoms with E-state index in [4.69, 9.17) is 0 Å². The van der Waals surface area contributed by atoms with Crippen LogP contribution in [0.25, 0.3) is 58.8 Å². The number of rotatable bonds is 5. The van der Waals surface area contributed by atoms with Gasteiger partial charge in [0, 0.05) is 60.8 Å². The first-order valence-corrected chi connectivity index (χ1v) is 17.6. The fourth-order valence-corrected chi connectivity index (χ4v) is 8.76. The van der Waals surface area contributed by atoms with Crippen LogP contribution in [-0.4, -0.2) is 17.3 Å². The Morgan fingerprint density at radius 1 is 0.551 bits per heavy atom. The van der Waals surface area contributed by atoms with E-state index < -0.39 is 0 Å². The number of para-hydroxylation sites is 2. The average molecular weight is 646 g/mol. The van der Waals surface area contributed by atoms with Crippen LogP contribution in [0.3, 0.4) is 0 Å². The summed E-state index contributed by atoms with van der Waals surface area (Å²) in [7, 11) is 0. The van der Waals surface area contributed by atoms with Crippen LogP contribution in [0.4, 0.5) is 17.1 Å². The molecule has 1 aliphatic rings. The van der Waals surface area contributed by atoms with Crippen LogP contribution in [0, 0.1) is 0 Å². The first kappa shape index (κ1) is 28.1. The second kappa shape index (κ2) is 11.3. The Morgan fingerprint density at radius 3 is 2.14 bits per heavy atom. The molecule has 49 heavy (non-hydrogen) atoms. The molecule has 0 unspecified atom stereocenters. The van der Waals surface area contributed by atoms with Gasteiger partial charge in [-0.1, -0.05) is 91.0 Å². The van der Waals surface area contributed by atoms with Gasteiger partial charge in [-0.3, -0.25) is 4.99 Å². The lowest BCUT2D eigenvalue weighted by Crippen LogP contribution is -2.10. The normalized spacial score (nSPS) is 12.7. The van der Waals surface area contributed by atoms with Gasteiger partial charge >= 0.3 is 0 Å². The van der Waals surface area contributed by atoms with Gasteiger partial charge in [-0.2, -0.15) is 0 Å². The van der Waals surface area contributed by atoms with Crippen molar-refractivity contribution in [3.8, 4) is 16.8 Å². The molecule has 0 radical (unpaired) electrons. The highest BCUT2D eigenvalue weighted by Crippen LogP contribution is 2.47. The van der Waals surface area contributed by atoms with E-state index >= 15 is 0 Å². The number of fused-ring (bicyclic) bond motifs is 7. The molecular weight excluding hydrogens is 615 g/mol. The third-order valence-corrected chi connectivity index (χ3v) is 11.0. The fourth-order valence-electron chi connectivity index (χ4n) is 7.60. The van der Waals surface area contributed by atoms with Crippen molar-refractivity contribution in [1.82, 2.24) is 4.57 Å². The third-order valence-electron chi connectivity index (χ3n) is 9.88. The zero-order valence-corrected chi connectivity index (χ0v) is 27.6. The molecule has 0 saturated carbocycles. The van der Waals surface area contributed by atoms with Crippen LogP contribution < -0.4 is 4.90 Å². The Labute approximate surface area is 288 Å². The molecule has 0 bridgehead atoms. The molecule has 0 spiro atoms. The summed E-state index contributed by atoms with van der Waals surface area (Å²) in [6, 6.07) is 57.6. The molecule has 0 N–H and O–H groups in total. The maximum Gasteiger partial charge on any atom is 0.0561 e. The van der Waals surface area contributed by atoms with Crippen LogP contribution in [0.5, 0.6) is 0 Å². The topological polar surface area (TPSA) is 20.5 Å². The van der Waals surface area contributed by atoms with E-state index in [-0.39, 0.29) is 0 Å². The molecule has 0 fully saturated rings. The molecule has 3 heterocycles. The van der Waals surface area contributed by atoms with Crippen molar-refractivity contribution >= 4 is 76.6 Å². The number of aromatic nitrogens is 1. The van der Waals surface area contributed by atoms with E-state index in [1.54, 1.807) is 0 Å². The predicted molar refractivity (Wildman–Crippen MR) is 210 cm³/mol. The SMILES string of the molecule is C1=NCCc2cc3c(cc21)sc1cccc(N(c2ccc(-c4ccccc4)cc2)c2ccc4c5ccccc5n(-c5ccccc5)c4c2)c13. The quantitative estimate of drug-likeness (QED) is 0.182. The molecule has 232 valence electrons. The molecule has 0 atom stereocenters. The zero-order chi connectivity index (χ0) is 32.3. The Hall–Kier alpha value is -5.97. The minimum absolute atomic E-state index is 0.850. The van der Waals surface area contributed by atoms with Gasteiger partial charge in [0.15, 0.2) is 0 Å². The smallest absolute Gasteiger partial charge is 0.0561 e. The lowest BCUT2D eigenvalue weighted by Gasteiger charge is -2.27. The molecule has 10 rings (SSSR count). The summed E-state index contributed by atoms with van der Waals surface area (Å²) >= 11 is 1.87. The summed E-state index contributed by atoms with van der Waals surface area (Å²) < 4.78 is 4.99. The Morgan fingerprint density at radius 2 is 1.29 bits per heavy atom. The average Bonchev–Trinajstić information content (AvgIpc) is 3.70. The summed E-state index contributed by atoms with van der Waals surface area (Å²) in [4.78, 5) is 7.03. The first-order chi connectivity index (χ1) is 24.3. The molecule has 4 heteroatoms. The summed E-state index contributed by atoms with van der Waals surface area (Å²) in [5.41, 5.74) is 12.0. The first-order valence-electron chi connectivity index (χ1n) is 16.8. The van der Waals surface area contributed by atoms with Crippen molar-refractivity contribution in [3.05, 3.63) is 169 Å². The highest BCUT2D eigenvalue weighted by atomic mass is 32.1. The third kappa shape index (κ3) is 4.60. The molecule has 2 aromatic heterocycles. The second-order valence-corrected chi connectivity index (χ2v) is 13.8. The minimum Gasteiger partial charge on any atom is -0.310 e. The Bertz CT molecular complexity index is 2700. The van der Waals surface area contributed by atoms with Crippen LogP contribution >= 0.6 is 11.3 Å². The summed E-state index contributed by atoms with van der Waals surface area (Å²) in [5.74, 6) is 0. The number of thiophene rings is 1. The zero-order valence-electron chi connectivity index (χ0n) is 26.8. The number of anilines is 3. The van der Waals surface area contributed by atoms with E-state index in [9.17, 15) is 0 Å². The van der Waals surface area contributed by atoms with Gasteiger partial charge in [0.25, 0.3) is 0 Å². The van der Waals surface area contributed by atoms with Gasteiger partial charge in [0.1, 0.15) is 0 Å². The van der Waals surface area contributed by atoms with Gasteiger partial charge in [-0.05, 0) is 95.4 Å². The summed E-state index contributed by atoms with van der Waals surface area (Å²) in [6.45, 7) is 0.850. The van der Waals surface area contributed by atoms with Crippen molar-refractivity contribution in [2.24, 2.45) is 4.99 Å². The second-order valence-electron chi connectivity index (χ2n) is 12.7. The van der Waals surface area contributed by atoms with E-state index in [0.717, 1.165) is 30.0 Å². The lowest BCUT2D eigenvalue weighted by molar-refractivity contribution is 0.955. The van der Waals surface area contributed by atoms with E-state index in [1.165, 1.54) is 69.9 Å². The molecule has 9 aromatic rings. The summed E-state index contributed by atoms with van der Waals surface area (Å²) in [6.07, 6.45) is 3.03. The van der Waals surface area contributed by atoms with Crippen LogP contribution in [0.15, 0.2) is 163 Å². The molecule has 0 saturated heterocycles. The van der Waals surface area contributed by atoms with Gasteiger partial charge in [0.05, 0.1) is 16.7 Å². The standard InChI is InChI=1S/C45H31N3S/c1-3-10-30(11-4-1)31-18-20-35(21-19-31)47(41-16-9-17-43-45(41)39-26-32-24-25-46-29-33(32)27-44(39)49-43)36-22-23-38-37-14-7-8-15-40(37)48(42(38)28-36)34-12-5-2-6-13-34/h1-23,26-29H,24-25H2. The van der Waals surface area contributed by atoms with E-state index in [2.05, 4.69) is 172 Å². The molecule has 0 amide bonds. The molecule has 0 aliphatic carbocycles. The van der Waals surface area contributed by atoms with Gasteiger partial charge in [0.2, 0.25) is 0 Å². The molecule has 3 nitrogen and oxygen atoms in total. The van der Waals surface area contributed by atoms with Crippen molar-refractivity contribution in [1.29, 1.82) is 0 Å². The van der Waals surface area contributed by atoms with Crippen molar-refractivity contribution in [2.75, 3.05) is 11.4 Å². The number of nitrogens with zero attached hydrogens (tertiary/aromatic N) is 3. The maximum atomic E-state index is 4.57. The van der Waals surface area contributed by atoms with E-state index in [1.807, 2.05) is 17.6 Å². The van der Waals surface area contributed by atoms with Crippen LogP contribution in [-0.2, 0) is 6.42 Å². The van der Waals surface area contributed by atoms with Crippen molar-refractivity contribution < 1.29 is 0 Å². The highest BCUT2D eigenvalue weighted by molar-refractivity contribution is 7.26. The van der Waals surface area contributed by atoms with Crippen molar-refractivity contribution in [3.63, 3.8) is 0 Å². The Balaban J connectivity index is 1.24. The highest BCUT2D eigenvalue weighted by Gasteiger charge is 2.22. The number of hydrogen-bond donors (Lipinski definition) is 0. The monoisotopic (exact) mass is 645 g/mol. The molecule has 7 aromatic carbocycles. The maximum absolute atomic E-state index is 4.57. The molecule has 1 aliphatic heterocycles. The van der Waals surface area contributed by atoms with E-state index in [0.29, 0.717) is 0 Å². The lowest BCUT2D eigenvalue weighted by atomic mass is 9.99. The summed E-state index contributed by atoms with van der Waals surface area (Å²) in [5, 5.41) is 5.11. The number of hydrogen-bond acceptors (Lipinski definition) is 3. The van der Waals surface area contributed by atoms with Crippen LogP contribution in [0.1, 0.15) is 11.1 Å². The largest absolute Gasteiger partial charge is 0.310 e. The fraction of sp³-hybridized carbons (Fsp3) is 0.0444. The minimum atomic E-state index is 0.850. The van der Waals surface area contributed by atoms with Gasteiger partial charge in [-0.25, -0.2) is 0 Å². The molecular formula is C45H31N3S. The van der Waals surface area contributed by atoms with Crippen molar-refractivity contribution in [2.45, 2.75) is 6.42 Å². The predicted octanol–water partition coefficient (Wildman–Crippen LogP) is 12.3. The number of benzene rings is 7. The number of aliphatic imine (C=N–C) groups is 1. The van der Waals surface area contributed by atoms with Gasteiger partial charge in [-0.15, -0.1) is 11.3 Å².